The van der Waals surface area contributed by atoms with E-state index in [2.05, 4.69) is 5.32 Å². The minimum atomic E-state index is -0.558. The SMILES string of the molecule is COCc1ccccc1CNC(=O)C(C)(C)c1ccccc1. The van der Waals surface area contributed by atoms with Crippen LogP contribution in [0.15, 0.2) is 54.6 Å². The Morgan fingerprint density at radius 3 is 2.23 bits per heavy atom. The summed E-state index contributed by atoms with van der Waals surface area (Å²) in [5.41, 5.74) is 2.64. The Morgan fingerprint density at radius 1 is 1.00 bits per heavy atom. The van der Waals surface area contributed by atoms with Crippen LogP contribution in [0, 0.1) is 0 Å². The maximum Gasteiger partial charge on any atom is 0.230 e. The number of hydrogen-bond acceptors (Lipinski definition) is 2. The molecule has 0 heterocycles. The molecule has 0 radical (unpaired) electrons. The van der Waals surface area contributed by atoms with Crippen LogP contribution in [0.3, 0.4) is 0 Å². The van der Waals surface area contributed by atoms with Gasteiger partial charge in [-0.05, 0) is 30.5 Å². The number of carbonyl (C=O) groups is 1. The number of amides is 1. The topological polar surface area (TPSA) is 38.3 Å². The van der Waals surface area contributed by atoms with E-state index in [1.54, 1.807) is 7.11 Å². The molecule has 116 valence electrons. The number of nitrogens with one attached hydrogen (secondary N) is 1. The van der Waals surface area contributed by atoms with E-state index in [-0.39, 0.29) is 5.91 Å². The van der Waals surface area contributed by atoms with Gasteiger partial charge in [0.1, 0.15) is 0 Å². The van der Waals surface area contributed by atoms with Gasteiger partial charge in [-0.15, -0.1) is 0 Å². The van der Waals surface area contributed by atoms with E-state index in [1.165, 1.54) is 0 Å². The van der Waals surface area contributed by atoms with Crippen molar-refractivity contribution in [3.05, 3.63) is 71.3 Å². The third-order valence-corrected chi connectivity index (χ3v) is 3.92. The summed E-state index contributed by atoms with van der Waals surface area (Å²) in [7, 11) is 1.67. The molecule has 2 rings (SSSR count). The molecule has 0 aliphatic heterocycles. The first-order valence-corrected chi connectivity index (χ1v) is 7.45. The first-order chi connectivity index (χ1) is 10.6. The zero-order valence-electron chi connectivity index (χ0n) is 13.4. The Balaban J connectivity index is 2.07. The Hall–Kier alpha value is -2.13. The van der Waals surface area contributed by atoms with Crippen LogP contribution in [-0.2, 0) is 28.1 Å². The summed E-state index contributed by atoms with van der Waals surface area (Å²) >= 11 is 0. The van der Waals surface area contributed by atoms with E-state index in [1.807, 2.05) is 68.4 Å². The minimum absolute atomic E-state index is 0.0194. The molecular formula is C19H23NO2. The summed E-state index contributed by atoms with van der Waals surface area (Å²) in [6, 6.07) is 17.8. The van der Waals surface area contributed by atoms with Crippen LogP contribution in [0.4, 0.5) is 0 Å². The predicted molar refractivity (Wildman–Crippen MR) is 88.5 cm³/mol. The van der Waals surface area contributed by atoms with Gasteiger partial charge in [0.25, 0.3) is 0 Å². The van der Waals surface area contributed by atoms with Gasteiger partial charge in [0.2, 0.25) is 5.91 Å². The van der Waals surface area contributed by atoms with Crippen LogP contribution in [-0.4, -0.2) is 13.0 Å². The second kappa shape index (κ2) is 7.23. The van der Waals surface area contributed by atoms with Crippen LogP contribution < -0.4 is 5.32 Å². The minimum Gasteiger partial charge on any atom is -0.380 e. The summed E-state index contributed by atoms with van der Waals surface area (Å²) in [5, 5.41) is 3.04. The molecule has 0 aliphatic rings. The van der Waals surface area contributed by atoms with Gasteiger partial charge in [-0.2, -0.15) is 0 Å². The number of carbonyl (C=O) groups excluding carboxylic acids is 1. The molecule has 0 aliphatic carbocycles. The molecule has 0 atom stereocenters. The fourth-order valence-corrected chi connectivity index (χ4v) is 2.41. The first kappa shape index (κ1) is 16.2. The number of methoxy groups -OCH3 is 1. The Kier molecular flexibility index (Phi) is 5.34. The average Bonchev–Trinajstić information content (AvgIpc) is 2.55. The van der Waals surface area contributed by atoms with Gasteiger partial charge in [-0.25, -0.2) is 0 Å². The summed E-state index contributed by atoms with van der Waals surface area (Å²) in [4.78, 5) is 12.6. The maximum absolute atomic E-state index is 12.6. The second-order valence-corrected chi connectivity index (χ2v) is 5.88. The summed E-state index contributed by atoms with van der Waals surface area (Å²) in [5.74, 6) is 0.0194. The third-order valence-electron chi connectivity index (χ3n) is 3.92. The van der Waals surface area contributed by atoms with Gasteiger partial charge < -0.3 is 10.1 Å². The quantitative estimate of drug-likeness (QED) is 0.887. The third kappa shape index (κ3) is 3.74. The lowest BCUT2D eigenvalue weighted by molar-refractivity contribution is -0.125. The van der Waals surface area contributed by atoms with Crippen LogP contribution >= 0.6 is 0 Å². The molecule has 22 heavy (non-hydrogen) atoms. The standard InChI is InChI=1S/C19H23NO2/c1-19(2,17-11-5-4-6-12-17)18(21)20-13-15-9-7-8-10-16(15)14-22-3/h4-12H,13-14H2,1-3H3,(H,20,21). The number of benzene rings is 2. The smallest absolute Gasteiger partial charge is 0.230 e. The highest BCUT2D eigenvalue weighted by Crippen LogP contribution is 2.23. The molecule has 0 aromatic heterocycles. The van der Waals surface area contributed by atoms with E-state index in [4.69, 9.17) is 4.74 Å². The van der Waals surface area contributed by atoms with Crippen LogP contribution in [0.2, 0.25) is 0 Å². The lowest BCUT2D eigenvalue weighted by atomic mass is 9.83. The normalized spacial score (nSPS) is 11.2. The molecule has 0 unspecified atom stereocenters. The Bertz CT molecular complexity index is 620. The monoisotopic (exact) mass is 297 g/mol. The van der Waals surface area contributed by atoms with Crippen molar-refractivity contribution in [3.8, 4) is 0 Å². The molecule has 0 spiro atoms. The van der Waals surface area contributed by atoms with Crippen LogP contribution in [0.5, 0.6) is 0 Å². The number of hydrogen-bond donors (Lipinski definition) is 1. The van der Waals surface area contributed by atoms with Crippen molar-refractivity contribution in [2.75, 3.05) is 7.11 Å². The first-order valence-electron chi connectivity index (χ1n) is 7.45. The molecular weight excluding hydrogens is 274 g/mol. The predicted octanol–water partition coefficient (Wildman–Crippen LogP) is 3.43. The van der Waals surface area contributed by atoms with Gasteiger partial charge in [0.15, 0.2) is 0 Å². The molecule has 0 bridgehead atoms. The zero-order valence-corrected chi connectivity index (χ0v) is 13.4. The van der Waals surface area contributed by atoms with E-state index >= 15 is 0 Å². The highest BCUT2D eigenvalue weighted by Gasteiger charge is 2.29. The van der Waals surface area contributed by atoms with Crippen molar-refractivity contribution in [1.82, 2.24) is 5.32 Å². The Labute approximate surface area is 132 Å². The number of rotatable bonds is 6. The molecule has 0 saturated carbocycles. The fraction of sp³-hybridized carbons (Fsp3) is 0.316. The average molecular weight is 297 g/mol. The zero-order chi connectivity index (χ0) is 16.0. The lowest BCUT2D eigenvalue weighted by Crippen LogP contribution is -2.39. The lowest BCUT2D eigenvalue weighted by Gasteiger charge is -2.24. The molecule has 0 saturated heterocycles. The van der Waals surface area contributed by atoms with Crippen molar-refractivity contribution in [2.24, 2.45) is 0 Å². The van der Waals surface area contributed by atoms with Crippen molar-refractivity contribution in [3.63, 3.8) is 0 Å². The van der Waals surface area contributed by atoms with Gasteiger partial charge in [0.05, 0.1) is 12.0 Å². The molecule has 3 heteroatoms. The summed E-state index contributed by atoms with van der Waals surface area (Å²) in [6.45, 7) is 4.94. The number of ether oxygens (including phenoxy) is 1. The maximum atomic E-state index is 12.6. The molecule has 3 nitrogen and oxygen atoms in total. The summed E-state index contributed by atoms with van der Waals surface area (Å²) < 4.78 is 5.20. The highest BCUT2D eigenvalue weighted by molar-refractivity contribution is 5.87. The van der Waals surface area contributed by atoms with Crippen LogP contribution in [0.25, 0.3) is 0 Å². The van der Waals surface area contributed by atoms with Gasteiger partial charge in [-0.3, -0.25) is 4.79 Å². The molecule has 1 N–H and O–H groups in total. The molecule has 2 aromatic rings. The largest absolute Gasteiger partial charge is 0.380 e. The van der Waals surface area contributed by atoms with Gasteiger partial charge in [-0.1, -0.05) is 54.6 Å². The molecule has 1 amide bonds. The fourth-order valence-electron chi connectivity index (χ4n) is 2.41. The van der Waals surface area contributed by atoms with E-state index in [0.717, 1.165) is 16.7 Å². The summed E-state index contributed by atoms with van der Waals surface area (Å²) in [6.07, 6.45) is 0. The van der Waals surface area contributed by atoms with Crippen molar-refractivity contribution < 1.29 is 9.53 Å². The van der Waals surface area contributed by atoms with E-state index in [0.29, 0.717) is 13.2 Å². The molecule has 2 aromatic carbocycles. The van der Waals surface area contributed by atoms with Crippen molar-refractivity contribution in [2.45, 2.75) is 32.4 Å². The van der Waals surface area contributed by atoms with Gasteiger partial charge in [0, 0.05) is 13.7 Å². The highest BCUT2D eigenvalue weighted by atomic mass is 16.5. The Morgan fingerprint density at radius 2 is 1.59 bits per heavy atom. The molecule has 0 fully saturated rings. The van der Waals surface area contributed by atoms with Crippen molar-refractivity contribution in [1.29, 1.82) is 0 Å². The van der Waals surface area contributed by atoms with Gasteiger partial charge >= 0.3 is 0 Å². The van der Waals surface area contributed by atoms with Crippen LogP contribution in [0.1, 0.15) is 30.5 Å². The second-order valence-electron chi connectivity index (χ2n) is 5.88. The van der Waals surface area contributed by atoms with E-state index in [9.17, 15) is 4.79 Å². The van der Waals surface area contributed by atoms with Crippen molar-refractivity contribution >= 4 is 5.91 Å². The van der Waals surface area contributed by atoms with E-state index < -0.39 is 5.41 Å².